The van der Waals surface area contributed by atoms with E-state index in [-0.39, 0.29) is 17.8 Å². The Bertz CT molecular complexity index is 299. The Kier molecular flexibility index (Phi) is 3.28. The molecule has 2 N–H and O–H groups in total. The van der Waals surface area contributed by atoms with Gasteiger partial charge in [-0.2, -0.15) is 0 Å². The van der Waals surface area contributed by atoms with Crippen molar-refractivity contribution in [1.82, 2.24) is 0 Å². The smallest absolute Gasteiger partial charge is 0.128 e. The summed E-state index contributed by atoms with van der Waals surface area (Å²) >= 11 is 5.74. The van der Waals surface area contributed by atoms with Crippen molar-refractivity contribution in [2.45, 2.75) is 19.9 Å². The van der Waals surface area contributed by atoms with Gasteiger partial charge in [-0.1, -0.05) is 25.4 Å². The Morgan fingerprint density at radius 3 is 2.54 bits per heavy atom. The SMILES string of the molecule is CC(C)C(N)c1cc(Cl)ccc1F. The van der Waals surface area contributed by atoms with Crippen molar-refractivity contribution < 1.29 is 4.39 Å². The molecule has 0 fully saturated rings. The first kappa shape index (κ1) is 10.5. The Hall–Kier alpha value is -0.600. The van der Waals surface area contributed by atoms with Crippen LogP contribution in [0.15, 0.2) is 18.2 Å². The highest BCUT2D eigenvalue weighted by Crippen LogP contribution is 2.24. The monoisotopic (exact) mass is 201 g/mol. The minimum Gasteiger partial charge on any atom is -0.324 e. The zero-order chi connectivity index (χ0) is 10.0. The third-order valence-electron chi connectivity index (χ3n) is 2.04. The number of rotatable bonds is 2. The van der Waals surface area contributed by atoms with E-state index in [4.69, 9.17) is 17.3 Å². The summed E-state index contributed by atoms with van der Waals surface area (Å²) in [5.41, 5.74) is 6.30. The Balaban J connectivity index is 3.05. The first-order valence-corrected chi connectivity index (χ1v) is 4.60. The van der Waals surface area contributed by atoms with Gasteiger partial charge in [0.05, 0.1) is 0 Å². The lowest BCUT2D eigenvalue weighted by Crippen LogP contribution is -2.18. The van der Waals surface area contributed by atoms with E-state index in [1.807, 2.05) is 13.8 Å². The number of hydrogen-bond donors (Lipinski definition) is 1. The molecule has 1 rings (SSSR count). The van der Waals surface area contributed by atoms with E-state index in [1.54, 1.807) is 6.07 Å². The topological polar surface area (TPSA) is 26.0 Å². The van der Waals surface area contributed by atoms with Crippen LogP contribution in [-0.2, 0) is 0 Å². The molecule has 1 aromatic carbocycles. The van der Waals surface area contributed by atoms with E-state index >= 15 is 0 Å². The van der Waals surface area contributed by atoms with Gasteiger partial charge in [0.2, 0.25) is 0 Å². The van der Waals surface area contributed by atoms with Gasteiger partial charge in [0, 0.05) is 16.6 Å². The molecule has 0 aromatic heterocycles. The lowest BCUT2D eigenvalue weighted by Gasteiger charge is -2.16. The molecule has 0 bridgehead atoms. The molecule has 0 saturated carbocycles. The van der Waals surface area contributed by atoms with Crippen molar-refractivity contribution in [2.75, 3.05) is 0 Å². The molecule has 0 radical (unpaired) electrons. The normalized spacial score (nSPS) is 13.4. The molecule has 0 aliphatic carbocycles. The molecule has 0 amide bonds. The molecule has 1 unspecified atom stereocenters. The molecule has 0 spiro atoms. The summed E-state index contributed by atoms with van der Waals surface area (Å²) in [4.78, 5) is 0. The van der Waals surface area contributed by atoms with Crippen LogP contribution >= 0.6 is 11.6 Å². The maximum atomic E-state index is 13.2. The average Bonchev–Trinajstić information content (AvgIpc) is 2.08. The Morgan fingerprint density at radius 2 is 2.00 bits per heavy atom. The highest BCUT2D eigenvalue weighted by Gasteiger charge is 2.14. The summed E-state index contributed by atoms with van der Waals surface area (Å²) in [6.07, 6.45) is 0. The molecule has 1 nitrogen and oxygen atoms in total. The summed E-state index contributed by atoms with van der Waals surface area (Å²) in [6.45, 7) is 3.90. The third-order valence-corrected chi connectivity index (χ3v) is 2.27. The van der Waals surface area contributed by atoms with Gasteiger partial charge < -0.3 is 5.73 Å². The van der Waals surface area contributed by atoms with E-state index in [0.717, 1.165) is 0 Å². The van der Waals surface area contributed by atoms with Crippen molar-refractivity contribution in [1.29, 1.82) is 0 Å². The molecule has 3 heteroatoms. The van der Waals surface area contributed by atoms with Crippen LogP contribution in [0.2, 0.25) is 5.02 Å². The molecule has 0 aliphatic rings. The predicted molar refractivity (Wildman–Crippen MR) is 53.2 cm³/mol. The van der Waals surface area contributed by atoms with Crippen LogP contribution in [0.4, 0.5) is 4.39 Å². The van der Waals surface area contributed by atoms with Gasteiger partial charge in [-0.15, -0.1) is 0 Å². The van der Waals surface area contributed by atoms with Crippen LogP contribution in [0.25, 0.3) is 0 Å². The van der Waals surface area contributed by atoms with Crippen molar-refractivity contribution in [3.05, 3.63) is 34.6 Å². The van der Waals surface area contributed by atoms with Crippen LogP contribution in [0.5, 0.6) is 0 Å². The summed E-state index contributed by atoms with van der Waals surface area (Å²) in [5.74, 6) is -0.0847. The molecule has 13 heavy (non-hydrogen) atoms. The highest BCUT2D eigenvalue weighted by molar-refractivity contribution is 6.30. The van der Waals surface area contributed by atoms with Crippen LogP contribution in [0.1, 0.15) is 25.5 Å². The summed E-state index contributed by atoms with van der Waals surface area (Å²) in [5, 5.41) is 0.521. The van der Waals surface area contributed by atoms with E-state index in [9.17, 15) is 4.39 Å². The lowest BCUT2D eigenvalue weighted by molar-refractivity contribution is 0.485. The molecule has 0 saturated heterocycles. The van der Waals surface area contributed by atoms with Crippen LogP contribution in [0, 0.1) is 11.7 Å². The lowest BCUT2D eigenvalue weighted by atomic mass is 9.97. The minimum absolute atomic E-state index is 0.202. The van der Waals surface area contributed by atoms with E-state index in [1.165, 1.54) is 12.1 Å². The molecule has 1 atom stereocenters. The van der Waals surface area contributed by atoms with Crippen LogP contribution in [-0.4, -0.2) is 0 Å². The largest absolute Gasteiger partial charge is 0.324 e. The molecule has 1 aromatic rings. The molecule has 0 aliphatic heterocycles. The van der Waals surface area contributed by atoms with Gasteiger partial charge in [0.25, 0.3) is 0 Å². The quantitative estimate of drug-likeness (QED) is 0.782. The molecule has 72 valence electrons. The molecule has 0 heterocycles. The fraction of sp³-hybridized carbons (Fsp3) is 0.400. The van der Waals surface area contributed by atoms with Crippen molar-refractivity contribution >= 4 is 11.6 Å². The maximum absolute atomic E-state index is 13.2. The van der Waals surface area contributed by atoms with E-state index < -0.39 is 0 Å². The second-order valence-corrected chi connectivity index (χ2v) is 3.87. The van der Waals surface area contributed by atoms with Crippen molar-refractivity contribution in [2.24, 2.45) is 11.7 Å². The predicted octanol–water partition coefficient (Wildman–Crippen LogP) is 3.13. The Labute approximate surface area is 82.7 Å². The van der Waals surface area contributed by atoms with Crippen molar-refractivity contribution in [3.63, 3.8) is 0 Å². The van der Waals surface area contributed by atoms with Gasteiger partial charge in [-0.05, 0) is 24.1 Å². The van der Waals surface area contributed by atoms with E-state index in [0.29, 0.717) is 10.6 Å². The average molecular weight is 202 g/mol. The standard InChI is InChI=1S/C10H13ClFN/c1-6(2)10(13)8-5-7(11)3-4-9(8)12/h3-6,10H,13H2,1-2H3. The van der Waals surface area contributed by atoms with Crippen LogP contribution < -0.4 is 5.73 Å². The number of hydrogen-bond acceptors (Lipinski definition) is 1. The third kappa shape index (κ3) is 2.42. The second-order valence-electron chi connectivity index (χ2n) is 3.44. The van der Waals surface area contributed by atoms with E-state index in [2.05, 4.69) is 0 Å². The number of halogens is 2. The number of nitrogens with two attached hydrogens (primary N) is 1. The maximum Gasteiger partial charge on any atom is 0.128 e. The first-order valence-electron chi connectivity index (χ1n) is 4.23. The first-order chi connectivity index (χ1) is 6.02. The Morgan fingerprint density at radius 1 is 1.38 bits per heavy atom. The number of benzene rings is 1. The van der Waals surface area contributed by atoms with Gasteiger partial charge in [0.15, 0.2) is 0 Å². The minimum atomic E-state index is -0.293. The van der Waals surface area contributed by atoms with Gasteiger partial charge in [-0.25, -0.2) is 4.39 Å². The van der Waals surface area contributed by atoms with Gasteiger partial charge in [-0.3, -0.25) is 0 Å². The summed E-state index contributed by atoms with van der Waals surface area (Å²) in [7, 11) is 0. The molecular formula is C10H13ClFN. The van der Waals surface area contributed by atoms with Gasteiger partial charge in [0.1, 0.15) is 5.82 Å². The van der Waals surface area contributed by atoms with Crippen LogP contribution in [0.3, 0.4) is 0 Å². The van der Waals surface area contributed by atoms with Gasteiger partial charge >= 0.3 is 0 Å². The fourth-order valence-corrected chi connectivity index (χ4v) is 1.31. The highest BCUT2D eigenvalue weighted by atomic mass is 35.5. The molecular weight excluding hydrogens is 189 g/mol. The fourth-order valence-electron chi connectivity index (χ4n) is 1.13. The zero-order valence-electron chi connectivity index (χ0n) is 7.72. The summed E-state index contributed by atoms with van der Waals surface area (Å²) in [6, 6.07) is 4.16. The zero-order valence-corrected chi connectivity index (χ0v) is 8.48. The second kappa shape index (κ2) is 4.07. The summed E-state index contributed by atoms with van der Waals surface area (Å²) < 4.78 is 13.2. The van der Waals surface area contributed by atoms with Crippen molar-refractivity contribution in [3.8, 4) is 0 Å².